The standard InChI is InChI=1S/C16H27NO/c1-12(2)11-18-16-8-6-5-7-15(16)10-13(3)9-14(4)17/h5-8,12-14H,9-11,17H2,1-4H3. The highest BCUT2D eigenvalue weighted by Crippen LogP contribution is 2.23. The van der Waals surface area contributed by atoms with Crippen molar-refractivity contribution in [1.29, 1.82) is 0 Å². The summed E-state index contributed by atoms with van der Waals surface area (Å²) < 4.78 is 5.87. The first-order chi connectivity index (χ1) is 8.49. The van der Waals surface area contributed by atoms with Gasteiger partial charge in [-0.3, -0.25) is 0 Å². The quantitative estimate of drug-likeness (QED) is 0.800. The number of benzene rings is 1. The summed E-state index contributed by atoms with van der Waals surface area (Å²) in [6, 6.07) is 8.61. The van der Waals surface area contributed by atoms with E-state index in [1.807, 2.05) is 6.07 Å². The average molecular weight is 249 g/mol. The van der Waals surface area contributed by atoms with Crippen LogP contribution in [0.1, 0.15) is 39.7 Å². The summed E-state index contributed by atoms with van der Waals surface area (Å²) in [5.41, 5.74) is 7.15. The SMILES string of the molecule is CC(C)COc1ccccc1CC(C)CC(C)N. The number of rotatable bonds is 7. The Bertz CT molecular complexity index is 347. The molecule has 2 atom stereocenters. The van der Waals surface area contributed by atoms with Crippen LogP contribution in [-0.2, 0) is 6.42 Å². The largest absolute Gasteiger partial charge is 0.493 e. The van der Waals surface area contributed by atoms with E-state index in [1.54, 1.807) is 0 Å². The molecule has 0 aromatic heterocycles. The van der Waals surface area contributed by atoms with Gasteiger partial charge in [0.1, 0.15) is 5.75 Å². The normalized spacial score (nSPS) is 14.6. The Hall–Kier alpha value is -1.02. The first kappa shape index (κ1) is 15.0. The number of hydrogen-bond donors (Lipinski definition) is 1. The summed E-state index contributed by atoms with van der Waals surface area (Å²) in [6.45, 7) is 9.43. The van der Waals surface area contributed by atoms with Crippen molar-refractivity contribution in [2.45, 2.75) is 46.6 Å². The second kappa shape index (κ2) is 7.42. The van der Waals surface area contributed by atoms with E-state index in [-0.39, 0.29) is 6.04 Å². The molecule has 2 nitrogen and oxygen atoms in total. The summed E-state index contributed by atoms with van der Waals surface area (Å²) in [7, 11) is 0. The fourth-order valence-corrected chi connectivity index (χ4v) is 2.16. The van der Waals surface area contributed by atoms with E-state index < -0.39 is 0 Å². The van der Waals surface area contributed by atoms with Crippen molar-refractivity contribution in [3.63, 3.8) is 0 Å². The summed E-state index contributed by atoms with van der Waals surface area (Å²) in [6.07, 6.45) is 2.09. The van der Waals surface area contributed by atoms with Gasteiger partial charge in [0.15, 0.2) is 0 Å². The molecular weight excluding hydrogens is 222 g/mol. The van der Waals surface area contributed by atoms with Gasteiger partial charge in [0.2, 0.25) is 0 Å². The summed E-state index contributed by atoms with van der Waals surface area (Å²) >= 11 is 0. The minimum Gasteiger partial charge on any atom is -0.493 e. The third kappa shape index (κ3) is 5.54. The van der Waals surface area contributed by atoms with Crippen LogP contribution in [0.4, 0.5) is 0 Å². The molecule has 0 fully saturated rings. The molecule has 1 rings (SSSR count). The van der Waals surface area contributed by atoms with Crippen molar-refractivity contribution in [2.75, 3.05) is 6.61 Å². The van der Waals surface area contributed by atoms with Crippen LogP contribution in [-0.4, -0.2) is 12.6 Å². The van der Waals surface area contributed by atoms with E-state index in [0.717, 1.165) is 25.2 Å². The zero-order chi connectivity index (χ0) is 13.5. The molecule has 0 radical (unpaired) electrons. The van der Waals surface area contributed by atoms with Crippen LogP contribution in [0.15, 0.2) is 24.3 Å². The molecule has 1 aromatic rings. The van der Waals surface area contributed by atoms with Gasteiger partial charge in [0.05, 0.1) is 6.61 Å². The fourth-order valence-electron chi connectivity index (χ4n) is 2.16. The van der Waals surface area contributed by atoms with Gasteiger partial charge < -0.3 is 10.5 Å². The molecule has 0 aliphatic carbocycles. The molecular formula is C16H27NO. The van der Waals surface area contributed by atoms with Gasteiger partial charge in [0.25, 0.3) is 0 Å². The smallest absolute Gasteiger partial charge is 0.122 e. The van der Waals surface area contributed by atoms with Crippen molar-refractivity contribution in [3.05, 3.63) is 29.8 Å². The second-order valence-electron chi connectivity index (χ2n) is 5.83. The molecule has 0 saturated carbocycles. The van der Waals surface area contributed by atoms with Gasteiger partial charge in [-0.2, -0.15) is 0 Å². The topological polar surface area (TPSA) is 35.2 Å². The minimum atomic E-state index is 0.267. The lowest BCUT2D eigenvalue weighted by Crippen LogP contribution is -2.19. The Morgan fingerprint density at radius 2 is 1.78 bits per heavy atom. The molecule has 2 unspecified atom stereocenters. The van der Waals surface area contributed by atoms with Crippen LogP contribution in [0, 0.1) is 11.8 Å². The average Bonchev–Trinajstić information content (AvgIpc) is 2.26. The van der Waals surface area contributed by atoms with E-state index in [0.29, 0.717) is 11.8 Å². The van der Waals surface area contributed by atoms with Crippen LogP contribution in [0.3, 0.4) is 0 Å². The summed E-state index contributed by atoms with van der Waals surface area (Å²) in [5.74, 6) is 2.18. The molecule has 0 saturated heterocycles. The van der Waals surface area contributed by atoms with Gasteiger partial charge in [-0.15, -0.1) is 0 Å². The highest BCUT2D eigenvalue weighted by Gasteiger charge is 2.10. The molecule has 18 heavy (non-hydrogen) atoms. The van der Waals surface area contributed by atoms with E-state index in [2.05, 4.69) is 45.9 Å². The number of nitrogens with two attached hydrogens (primary N) is 1. The van der Waals surface area contributed by atoms with Gasteiger partial charge in [0, 0.05) is 6.04 Å². The predicted molar refractivity (Wildman–Crippen MR) is 77.9 cm³/mol. The molecule has 0 aliphatic heterocycles. The highest BCUT2D eigenvalue weighted by molar-refractivity contribution is 5.33. The van der Waals surface area contributed by atoms with Gasteiger partial charge in [-0.05, 0) is 43.2 Å². The zero-order valence-corrected chi connectivity index (χ0v) is 12.1. The van der Waals surface area contributed by atoms with Crippen molar-refractivity contribution in [2.24, 2.45) is 17.6 Å². The van der Waals surface area contributed by atoms with Gasteiger partial charge in [-0.1, -0.05) is 39.0 Å². The molecule has 2 heteroatoms. The number of ether oxygens (including phenoxy) is 1. The highest BCUT2D eigenvalue weighted by atomic mass is 16.5. The zero-order valence-electron chi connectivity index (χ0n) is 12.1. The van der Waals surface area contributed by atoms with Crippen LogP contribution < -0.4 is 10.5 Å². The maximum Gasteiger partial charge on any atom is 0.122 e. The molecule has 0 spiro atoms. The summed E-state index contributed by atoms with van der Waals surface area (Å²) in [5, 5.41) is 0. The van der Waals surface area contributed by atoms with Gasteiger partial charge >= 0.3 is 0 Å². The molecule has 2 N–H and O–H groups in total. The lowest BCUT2D eigenvalue weighted by atomic mass is 9.95. The molecule has 0 amide bonds. The fraction of sp³-hybridized carbons (Fsp3) is 0.625. The van der Waals surface area contributed by atoms with Crippen LogP contribution in [0.25, 0.3) is 0 Å². The Labute approximate surface area is 112 Å². The lowest BCUT2D eigenvalue weighted by Gasteiger charge is -2.17. The third-order valence-corrected chi connectivity index (χ3v) is 2.89. The van der Waals surface area contributed by atoms with Crippen molar-refractivity contribution < 1.29 is 4.74 Å². The Morgan fingerprint density at radius 3 is 2.39 bits per heavy atom. The maximum absolute atomic E-state index is 5.87. The van der Waals surface area contributed by atoms with E-state index in [1.165, 1.54) is 5.56 Å². The van der Waals surface area contributed by atoms with Crippen LogP contribution >= 0.6 is 0 Å². The third-order valence-electron chi connectivity index (χ3n) is 2.89. The number of para-hydroxylation sites is 1. The monoisotopic (exact) mass is 249 g/mol. The Balaban J connectivity index is 2.63. The number of hydrogen-bond acceptors (Lipinski definition) is 2. The van der Waals surface area contributed by atoms with Crippen molar-refractivity contribution in [1.82, 2.24) is 0 Å². The Morgan fingerprint density at radius 1 is 1.11 bits per heavy atom. The molecule has 0 bridgehead atoms. The minimum absolute atomic E-state index is 0.267. The molecule has 102 valence electrons. The maximum atomic E-state index is 5.87. The van der Waals surface area contributed by atoms with E-state index in [4.69, 9.17) is 10.5 Å². The first-order valence-electron chi connectivity index (χ1n) is 6.95. The molecule has 0 heterocycles. The van der Waals surface area contributed by atoms with E-state index in [9.17, 15) is 0 Å². The lowest BCUT2D eigenvalue weighted by molar-refractivity contribution is 0.267. The molecule has 1 aromatic carbocycles. The second-order valence-corrected chi connectivity index (χ2v) is 5.83. The van der Waals surface area contributed by atoms with Gasteiger partial charge in [-0.25, -0.2) is 0 Å². The van der Waals surface area contributed by atoms with E-state index >= 15 is 0 Å². The summed E-state index contributed by atoms with van der Waals surface area (Å²) in [4.78, 5) is 0. The van der Waals surface area contributed by atoms with Crippen molar-refractivity contribution in [3.8, 4) is 5.75 Å². The van der Waals surface area contributed by atoms with Crippen LogP contribution in [0.5, 0.6) is 5.75 Å². The van der Waals surface area contributed by atoms with Crippen LogP contribution in [0.2, 0.25) is 0 Å². The van der Waals surface area contributed by atoms with Crippen molar-refractivity contribution >= 4 is 0 Å². The molecule has 0 aliphatic rings. The first-order valence-corrected chi connectivity index (χ1v) is 6.95. The predicted octanol–water partition coefficient (Wildman–Crippen LogP) is 3.64. The Kier molecular flexibility index (Phi) is 6.20.